The molecule has 1 fully saturated rings. The largest absolute Gasteiger partial charge is 0.497 e. The van der Waals surface area contributed by atoms with Gasteiger partial charge in [-0.1, -0.05) is 12.1 Å². The van der Waals surface area contributed by atoms with Crippen molar-refractivity contribution in [3.63, 3.8) is 0 Å². The van der Waals surface area contributed by atoms with Crippen molar-refractivity contribution >= 4 is 17.8 Å². The van der Waals surface area contributed by atoms with E-state index in [1.165, 1.54) is 16.7 Å². The van der Waals surface area contributed by atoms with Crippen LogP contribution in [0.4, 0.5) is 5.69 Å². The van der Waals surface area contributed by atoms with Crippen molar-refractivity contribution in [2.45, 2.75) is 44.1 Å². The molecule has 0 aromatic heterocycles. The standard InChI is InChI=1S/C23H24N2O2/c1-27-18-8-6-15-7-9-22-19(20(15)14-18)3-2-12-25(22)23(26)17-5-4-16-10-11-24-21(16)13-17/h4-6,8,11,13-14,19,22H,2-3,7,9-10,12H2,1H3/t19?,22-/m0/s1. The maximum atomic E-state index is 13.3. The van der Waals surface area contributed by atoms with E-state index in [4.69, 9.17) is 4.74 Å². The molecule has 3 aliphatic rings. The summed E-state index contributed by atoms with van der Waals surface area (Å²) in [6.45, 7) is 0.847. The molecule has 2 heterocycles. The SMILES string of the molecule is COc1ccc2c(c1)C1CCCN(C(=O)c3ccc4c(c3)N=CC4)[C@H]1CC2. The number of hydrogen-bond donors (Lipinski definition) is 0. The fraction of sp³-hybridized carbons (Fsp3) is 0.391. The number of piperidine rings is 1. The molecule has 0 spiro atoms. The Morgan fingerprint density at radius 3 is 2.93 bits per heavy atom. The second-order valence-corrected chi connectivity index (χ2v) is 7.78. The minimum atomic E-state index is 0.154. The van der Waals surface area contributed by atoms with E-state index in [0.717, 1.165) is 55.6 Å². The van der Waals surface area contributed by atoms with Gasteiger partial charge in [-0.25, -0.2) is 0 Å². The highest BCUT2D eigenvalue weighted by Crippen LogP contribution is 2.42. The van der Waals surface area contributed by atoms with Crippen molar-refractivity contribution in [1.29, 1.82) is 0 Å². The van der Waals surface area contributed by atoms with E-state index in [-0.39, 0.29) is 11.9 Å². The highest BCUT2D eigenvalue weighted by atomic mass is 16.5. The molecule has 2 atom stereocenters. The number of ether oxygens (including phenoxy) is 1. The highest BCUT2D eigenvalue weighted by molar-refractivity contribution is 5.96. The number of carbonyl (C=O) groups is 1. The fourth-order valence-corrected chi connectivity index (χ4v) is 5.00. The molecule has 2 aromatic rings. The molecular formula is C23H24N2O2. The maximum absolute atomic E-state index is 13.3. The first-order valence-corrected chi connectivity index (χ1v) is 9.88. The van der Waals surface area contributed by atoms with Gasteiger partial charge in [-0.2, -0.15) is 0 Å². The quantitative estimate of drug-likeness (QED) is 0.802. The Bertz CT molecular complexity index is 934. The molecule has 1 amide bonds. The average molecular weight is 360 g/mol. The summed E-state index contributed by atoms with van der Waals surface area (Å²) in [7, 11) is 1.72. The number of amides is 1. The van der Waals surface area contributed by atoms with E-state index < -0.39 is 0 Å². The number of hydrogen-bond acceptors (Lipinski definition) is 3. The number of rotatable bonds is 2. The first-order valence-electron chi connectivity index (χ1n) is 9.88. The first kappa shape index (κ1) is 16.5. The van der Waals surface area contributed by atoms with Crippen LogP contribution < -0.4 is 4.74 Å². The molecule has 0 radical (unpaired) electrons. The van der Waals surface area contributed by atoms with Crippen LogP contribution in [-0.2, 0) is 12.8 Å². The smallest absolute Gasteiger partial charge is 0.254 e. The molecule has 4 nitrogen and oxygen atoms in total. The Balaban J connectivity index is 1.46. The summed E-state index contributed by atoms with van der Waals surface area (Å²) in [6, 6.07) is 12.7. The number of likely N-dealkylation sites (tertiary alicyclic amines) is 1. The monoisotopic (exact) mass is 360 g/mol. The van der Waals surface area contributed by atoms with Gasteiger partial charge in [0.1, 0.15) is 5.75 Å². The average Bonchev–Trinajstić information content (AvgIpc) is 3.20. The van der Waals surface area contributed by atoms with Crippen molar-refractivity contribution in [2.24, 2.45) is 4.99 Å². The second-order valence-electron chi connectivity index (χ2n) is 7.78. The first-order chi connectivity index (χ1) is 13.2. The van der Waals surface area contributed by atoms with Crippen LogP contribution >= 0.6 is 0 Å². The lowest BCUT2D eigenvalue weighted by molar-refractivity contribution is 0.0546. The minimum Gasteiger partial charge on any atom is -0.497 e. The molecule has 2 aromatic carbocycles. The Labute approximate surface area is 159 Å². The molecule has 1 unspecified atom stereocenters. The van der Waals surface area contributed by atoms with Gasteiger partial charge in [-0.3, -0.25) is 9.79 Å². The molecule has 1 saturated heterocycles. The van der Waals surface area contributed by atoms with Gasteiger partial charge in [0.15, 0.2) is 0 Å². The zero-order chi connectivity index (χ0) is 18.4. The second kappa shape index (κ2) is 6.52. The Morgan fingerprint density at radius 2 is 2.04 bits per heavy atom. The highest BCUT2D eigenvalue weighted by Gasteiger charge is 2.38. The predicted molar refractivity (Wildman–Crippen MR) is 106 cm³/mol. The normalized spacial score (nSPS) is 22.8. The number of nitrogens with zero attached hydrogens (tertiary/aromatic N) is 2. The van der Waals surface area contributed by atoms with Gasteiger partial charge in [-0.05, 0) is 66.6 Å². The summed E-state index contributed by atoms with van der Waals surface area (Å²) >= 11 is 0. The molecule has 2 aliphatic heterocycles. The number of aryl methyl sites for hydroxylation is 1. The number of benzene rings is 2. The van der Waals surface area contributed by atoms with Gasteiger partial charge in [0, 0.05) is 36.7 Å². The van der Waals surface area contributed by atoms with Crippen LogP contribution in [0.3, 0.4) is 0 Å². The van der Waals surface area contributed by atoms with Crippen molar-refractivity contribution in [2.75, 3.05) is 13.7 Å². The minimum absolute atomic E-state index is 0.154. The molecule has 1 aliphatic carbocycles. The summed E-state index contributed by atoms with van der Waals surface area (Å²) < 4.78 is 5.45. The molecular weight excluding hydrogens is 336 g/mol. The number of aliphatic imine (C=N–C) groups is 1. The van der Waals surface area contributed by atoms with E-state index in [2.05, 4.69) is 34.2 Å². The summed E-state index contributed by atoms with van der Waals surface area (Å²) in [6.07, 6.45) is 7.05. The summed E-state index contributed by atoms with van der Waals surface area (Å²) in [5.41, 5.74) is 5.72. The van der Waals surface area contributed by atoms with Crippen LogP contribution in [0.25, 0.3) is 0 Å². The molecule has 27 heavy (non-hydrogen) atoms. The van der Waals surface area contributed by atoms with Crippen LogP contribution in [0, 0.1) is 0 Å². The zero-order valence-electron chi connectivity index (χ0n) is 15.6. The number of methoxy groups -OCH3 is 1. The Kier molecular flexibility index (Phi) is 4.00. The van der Waals surface area contributed by atoms with Crippen LogP contribution in [0.2, 0.25) is 0 Å². The van der Waals surface area contributed by atoms with Crippen LogP contribution in [0.5, 0.6) is 5.75 Å². The third-order valence-electron chi connectivity index (χ3n) is 6.38. The topological polar surface area (TPSA) is 41.9 Å². The van der Waals surface area contributed by atoms with Crippen molar-refractivity contribution in [3.8, 4) is 5.75 Å². The van der Waals surface area contributed by atoms with Gasteiger partial charge in [0.05, 0.1) is 12.8 Å². The molecule has 0 N–H and O–H groups in total. The Hall–Kier alpha value is -2.62. The molecule has 5 rings (SSSR count). The van der Waals surface area contributed by atoms with E-state index in [9.17, 15) is 4.79 Å². The van der Waals surface area contributed by atoms with Gasteiger partial charge in [0.2, 0.25) is 0 Å². The van der Waals surface area contributed by atoms with Gasteiger partial charge in [0.25, 0.3) is 5.91 Å². The van der Waals surface area contributed by atoms with Crippen LogP contribution in [-0.4, -0.2) is 36.7 Å². The molecule has 0 saturated carbocycles. The number of fused-ring (bicyclic) bond motifs is 4. The summed E-state index contributed by atoms with van der Waals surface area (Å²) in [5, 5.41) is 0. The van der Waals surface area contributed by atoms with E-state index >= 15 is 0 Å². The van der Waals surface area contributed by atoms with Crippen LogP contribution in [0.15, 0.2) is 41.4 Å². The van der Waals surface area contributed by atoms with Gasteiger partial charge < -0.3 is 9.64 Å². The third-order valence-corrected chi connectivity index (χ3v) is 6.38. The lowest BCUT2D eigenvalue weighted by Gasteiger charge is -2.45. The fourth-order valence-electron chi connectivity index (χ4n) is 5.00. The van der Waals surface area contributed by atoms with E-state index in [1.54, 1.807) is 7.11 Å². The summed E-state index contributed by atoms with van der Waals surface area (Å²) in [5.74, 6) is 1.48. The Morgan fingerprint density at radius 1 is 1.15 bits per heavy atom. The van der Waals surface area contributed by atoms with Gasteiger partial charge >= 0.3 is 0 Å². The predicted octanol–water partition coefficient (Wildman–Crippen LogP) is 4.29. The van der Waals surface area contributed by atoms with Crippen molar-refractivity contribution < 1.29 is 9.53 Å². The number of carbonyl (C=O) groups excluding carboxylic acids is 1. The molecule has 4 heteroatoms. The molecule has 138 valence electrons. The molecule has 0 bridgehead atoms. The van der Waals surface area contributed by atoms with Crippen LogP contribution in [0.1, 0.15) is 52.2 Å². The summed E-state index contributed by atoms with van der Waals surface area (Å²) in [4.78, 5) is 19.9. The lowest BCUT2D eigenvalue weighted by Crippen LogP contribution is -2.49. The van der Waals surface area contributed by atoms with Crippen molar-refractivity contribution in [3.05, 3.63) is 58.7 Å². The van der Waals surface area contributed by atoms with Gasteiger partial charge in [-0.15, -0.1) is 0 Å². The van der Waals surface area contributed by atoms with E-state index in [1.807, 2.05) is 18.3 Å². The maximum Gasteiger partial charge on any atom is 0.254 e. The van der Waals surface area contributed by atoms with Crippen molar-refractivity contribution in [1.82, 2.24) is 4.90 Å². The zero-order valence-corrected chi connectivity index (χ0v) is 15.6. The third kappa shape index (κ3) is 2.75. The van der Waals surface area contributed by atoms with E-state index in [0.29, 0.717) is 5.92 Å². The lowest BCUT2D eigenvalue weighted by atomic mass is 9.74.